The van der Waals surface area contributed by atoms with Crippen LogP contribution in [0.5, 0.6) is 5.75 Å². The molecule has 0 saturated carbocycles. The molecule has 2 aromatic rings. The van der Waals surface area contributed by atoms with E-state index < -0.39 is 0 Å². The molecular formula is C22H28N2O. The van der Waals surface area contributed by atoms with Gasteiger partial charge in [0.25, 0.3) is 0 Å². The van der Waals surface area contributed by atoms with Crippen molar-refractivity contribution in [1.29, 1.82) is 0 Å². The summed E-state index contributed by atoms with van der Waals surface area (Å²) in [5.41, 5.74) is 5.21. The lowest BCUT2D eigenvalue weighted by Gasteiger charge is -2.35. The molecule has 3 heteroatoms. The molecule has 1 fully saturated rings. The molecule has 0 amide bonds. The number of nitrogens with one attached hydrogen (secondary N) is 1. The number of likely N-dealkylation sites (N-methyl/N-ethyl adjacent to an activating group) is 1. The van der Waals surface area contributed by atoms with Crippen molar-refractivity contribution in [2.75, 3.05) is 19.6 Å². The number of hydrogen-bond donors (Lipinski definition) is 1. The highest BCUT2D eigenvalue weighted by Gasteiger charge is 2.28. The van der Waals surface area contributed by atoms with Gasteiger partial charge in [0.15, 0.2) is 0 Å². The molecule has 2 heterocycles. The van der Waals surface area contributed by atoms with E-state index >= 15 is 0 Å². The topological polar surface area (TPSA) is 24.5 Å². The van der Waals surface area contributed by atoms with Crippen LogP contribution >= 0.6 is 0 Å². The van der Waals surface area contributed by atoms with Gasteiger partial charge in [-0.15, -0.1) is 0 Å². The van der Waals surface area contributed by atoms with Crippen molar-refractivity contribution in [1.82, 2.24) is 10.2 Å². The summed E-state index contributed by atoms with van der Waals surface area (Å²) in [6, 6.07) is 16.0. The smallest absolute Gasteiger partial charge is 0.124 e. The second-order valence-corrected chi connectivity index (χ2v) is 7.36. The van der Waals surface area contributed by atoms with Gasteiger partial charge in [0, 0.05) is 18.2 Å². The minimum Gasteiger partial charge on any atom is -0.489 e. The highest BCUT2D eigenvalue weighted by atomic mass is 16.5. The van der Waals surface area contributed by atoms with Crippen molar-refractivity contribution in [2.45, 2.75) is 45.4 Å². The van der Waals surface area contributed by atoms with Crippen LogP contribution in [0.15, 0.2) is 42.5 Å². The Bertz CT molecular complexity index is 743. The van der Waals surface area contributed by atoms with Crippen molar-refractivity contribution in [2.24, 2.45) is 0 Å². The van der Waals surface area contributed by atoms with E-state index in [0.717, 1.165) is 18.8 Å². The summed E-state index contributed by atoms with van der Waals surface area (Å²) in [5, 5.41) is 3.98. The predicted octanol–water partition coefficient (Wildman–Crippen LogP) is 4.05. The molecule has 0 aromatic heterocycles. The lowest BCUT2D eigenvalue weighted by Crippen LogP contribution is -2.46. The van der Waals surface area contributed by atoms with Gasteiger partial charge in [-0.25, -0.2) is 0 Å². The van der Waals surface area contributed by atoms with Crippen molar-refractivity contribution < 1.29 is 4.74 Å². The highest BCUT2D eigenvalue weighted by Crippen LogP contribution is 2.37. The number of fused-ring (bicyclic) bond motifs is 2. The van der Waals surface area contributed by atoms with Crippen LogP contribution in [0.3, 0.4) is 0 Å². The van der Waals surface area contributed by atoms with E-state index in [2.05, 4.69) is 66.5 Å². The van der Waals surface area contributed by atoms with E-state index in [1.165, 1.54) is 41.6 Å². The minimum atomic E-state index is 0.204. The van der Waals surface area contributed by atoms with Gasteiger partial charge >= 0.3 is 0 Å². The summed E-state index contributed by atoms with van der Waals surface area (Å²) < 4.78 is 6.14. The maximum Gasteiger partial charge on any atom is 0.124 e. The monoisotopic (exact) mass is 336 g/mol. The van der Waals surface area contributed by atoms with Gasteiger partial charge in [-0.05, 0) is 50.0 Å². The second kappa shape index (κ2) is 7.19. The van der Waals surface area contributed by atoms with E-state index in [1.807, 2.05) is 0 Å². The summed E-state index contributed by atoms with van der Waals surface area (Å²) in [6.07, 6.45) is 2.52. The number of piperidine rings is 1. The van der Waals surface area contributed by atoms with Gasteiger partial charge < -0.3 is 15.0 Å². The Morgan fingerprint density at radius 1 is 1.16 bits per heavy atom. The zero-order valence-corrected chi connectivity index (χ0v) is 15.3. The molecule has 1 N–H and O–H groups in total. The number of nitrogens with zero attached hydrogens (tertiary/aromatic N) is 1. The molecule has 25 heavy (non-hydrogen) atoms. The maximum atomic E-state index is 6.14. The van der Waals surface area contributed by atoms with Crippen LogP contribution in [0.4, 0.5) is 0 Å². The Morgan fingerprint density at radius 2 is 2.04 bits per heavy atom. The second-order valence-electron chi connectivity index (χ2n) is 7.36. The molecule has 2 aliphatic rings. The first kappa shape index (κ1) is 16.6. The highest BCUT2D eigenvalue weighted by molar-refractivity contribution is 5.47. The van der Waals surface area contributed by atoms with Crippen LogP contribution in [-0.2, 0) is 6.61 Å². The standard InChI is InChI=1S/C22H28N2O/c1-3-24-12-6-8-18(14-24)23-22-19-9-5-4-7-17(19)15-25-21-11-10-16(2)13-20(21)22/h4-5,7,9-11,13,18,22-23H,3,6,8,12,14-15H2,1-2H3. The third-order valence-corrected chi connectivity index (χ3v) is 5.58. The van der Waals surface area contributed by atoms with Gasteiger partial charge in [0.1, 0.15) is 12.4 Å². The van der Waals surface area contributed by atoms with Gasteiger partial charge in [-0.1, -0.05) is 48.9 Å². The Kier molecular flexibility index (Phi) is 4.78. The molecule has 2 aromatic carbocycles. The number of hydrogen-bond acceptors (Lipinski definition) is 3. The molecule has 2 unspecified atom stereocenters. The first-order valence-electron chi connectivity index (χ1n) is 9.54. The fourth-order valence-electron chi connectivity index (χ4n) is 4.19. The van der Waals surface area contributed by atoms with Crippen LogP contribution in [0.1, 0.15) is 48.1 Å². The van der Waals surface area contributed by atoms with Gasteiger partial charge in [0.2, 0.25) is 0 Å². The Hall–Kier alpha value is -1.84. The zero-order chi connectivity index (χ0) is 17.2. The third kappa shape index (κ3) is 3.44. The van der Waals surface area contributed by atoms with Gasteiger partial charge in [-0.3, -0.25) is 0 Å². The molecule has 0 bridgehead atoms. The summed E-state index contributed by atoms with van der Waals surface area (Å²) in [7, 11) is 0. The number of aryl methyl sites for hydroxylation is 1. The van der Waals surface area contributed by atoms with Gasteiger partial charge in [-0.2, -0.15) is 0 Å². The first-order valence-corrected chi connectivity index (χ1v) is 9.54. The normalized spacial score (nSPS) is 23.3. The van der Waals surface area contributed by atoms with Crippen LogP contribution in [0, 0.1) is 6.92 Å². The van der Waals surface area contributed by atoms with E-state index in [1.54, 1.807) is 0 Å². The zero-order valence-electron chi connectivity index (χ0n) is 15.3. The summed E-state index contributed by atoms with van der Waals surface area (Å²) in [5.74, 6) is 1.02. The Balaban J connectivity index is 1.70. The molecule has 0 aliphatic carbocycles. The number of likely N-dealkylation sites (tertiary alicyclic amines) is 1. The molecule has 2 atom stereocenters. The van der Waals surface area contributed by atoms with Crippen LogP contribution in [0.25, 0.3) is 0 Å². The lowest BCUT2D eigenvalue weighted by molar-refractivity contribution is 0.194. The summed E-state index contributed by atoms with van der Waals surface area (Å²) in [6.45, 7) is 8.57. The van der Waals surface area contributed by atoms with Crippen molar-refractivity contribution in [3.05, 3.63) is 64.7 Å². The average molecular weight is 336 g/mol. The van der Waals surface area contributed by atoms with Gasteiger partial charge in [0.05, 0.1) is 6.04 Å². The average Bonchev–Trinajstić information content (AvgIpc) is 2.79. The third-order valence-electron chi connectivity index (χ3n) is 5.58. The quantitative estimate of drug-likeness (QED) is 0.915. The number of benzene rings is 2. The summed E-state index contributed by atoms with van der Waals surface area (Å²) >= 11 is 0. The molecule has 0 spiro atoms. The van der Waals surface area contributed by atoms with Crippen molar-refractivity contribution in [3.8, 4) is 5.75 Å². The van der Waals surface area contributed by atoms with E-state index in [9.17, 15) is 0 Å². The molecule has 1 saturated heterocycles. The molecule has 3 nitrogen and oxygen atoms in total. The largest absolute Gasteiger partial charge is 0.489 e. The molecular weight excluding hydrogens is 308 g/mol. The van der Waals surface area contributed by atoms with Crippen LogP contribution in [0.2, 0.25) is 0 Å². The van der Waals surface area contributed by atoms with Crippen molar-refractivity contribution in [3.63, 3.8) is 0 Å². The molecule has 0 radical (unpaired) electrons. The van der Waals surface area contributed by atoms with Crippen LogP contribution in [-0.4, -0.2) is 30.6 Å². The van der Waals surface area contributed by atoms with Crippen LogP contribution < -0.4 is 10.1 Å². The first-order chi connectivity index (χ1) is 12.2. The Morgan fingerprint density at radius 3 is 2.92 bits per heavy atom. The lowest BCUT2D eigenvalue weighted by atomic mass is 9.92. The fourth-order valence-corrected chi connectivity index (χ4v) is 4.19. The van der Waals surface area contributed by atoms with E-state index in [4.69, 9.17) is 4.74 Å². The fraction of sp³-hybridized carbons (Fsp3) is 0.455. The van der Waals surface area contributed by atoms with E-state index in [-0.39, 0.29) is 6.04 Å². The van der Waals surface area contributed by atoms with Crippen molar-refractivity contribution >= 4 is 0 Å². The number of rotatable bonds is 3. The number of ether oxygens (including phenoxy) is 1. The molecule has 4 rings (SSSR count). The minimum absolute atomic E-state index is 0.204. The Labute approximate surface area is 151 Å². The molecule has 132 valence electrons. The predicted molar refractivity (Wildman–Crippen MR) is 102 cm³/mol. The molecule has 2 aliphatic heterocycles. The SMILES string of the molecule is CCN1CCCC(NC2c3ccccc3COc3ccc(C)cc32)C1. The summed E-state index contributed by atoms with van der Waals surface area (Å²) in [4.78, 5) is 2.55. The maximum absolute atomic E-state index is 6.14. The van der Waals surface area contributed by atoms with E-state index in [0.29, 0.717) is 12.6 Å².